The van der Waals surface area contributed by atoms with Gasteiger partial charge in [-0.25, -0.2) is 15.0 Å². The van der Waals surface area contributed by atoms with Crippen LogP contribution in [0.2, 0.25) is 0 Å². The third kappa shape index (κ3) is 3.03. The molecule has 1 N–H and O–H groups in total. The molecule has 21 heavy (non-hydrogen) atoms. The minimum absolute atomic E-state index is 0.400. The molecule has 1 aliphatic heterocycles. The molecule has 110 valence electrons. The molecular formula is C16H21N5. The van der Waals surface area contributed by atoms with E-state index in [4.69, 9.17) is 0 Å². The van der Waals surface area contributed by atoms with Gasteiger partial charge in [0.05, 0.1) is 11.7 Å². The second-order valence-electron chi connectivity index (χ2n) is 5.66. The van der Waals surface area contributed by atoms with Crippen LogP contribution in [0.15, 0.2) is 24.4 Å². The lowest BCUT2D eigenvalue weighted by molar-refractivity contribution is 0.311. The summed E-state index contributed by atoms with van der Waals surface area (Å²) in [7, 11) is 2.16. The first kappa shape index (κ1) is 13.9. The van der Waals surface area contributed by atoms with Gasteiger partial charge >= 0.3 is 0 Å². The molecule has 5 nitrogen and oxygen atoms in total. The van der Waals surface area contributed by atoms with Crippen molar-refractivity contribution in [1.82, 2.24) is 19.9 Å². The van der Waals surface area contributed by atoms with E-state index in [1.807, 2.05) is 32.0 Å². The van der Waals surface area contributed by atoms with Crippen LogP contribution in [0.1, 0.15) is 36.0 Å². The Morgan fingerprint density at radius 1 is 1.29 bits per heavy atom. The fourth-order valence-corrected chi connectivity index (χ4v) is 2.85. The SMILES string of the molecule is Cc1nc(Nc2ncccc2C)cc(C2CCCN2C)n1. The Bertz CT molecular complexity index is 640. The zero-order valence-electron chi connectivity index (χ0n) is 12.8. The van der Waals surface area contributed by atoms with Crippen molar-refractivity contribution in [3.8, 4) is 0 Å². The first-order valence-electron chi connectivity index (χ1n) is 7.38. The van der Waals surface area contributed by atoms with Crippen molar-refractivity contribution in [2.75, 3.05) is 18.9 Å². The first-order valence-corrected chi connectivity index (χ1v) is 7.38. The summed E-state index contributed by atoms with van der Waals surface area (Å²) in [4.78, 5) is 15.8. The smallest absolute Gasteiger partial charge is 0.135 e. The molecule has 1 unspecified atom stereocenters. The van der Waals surface area contributed by atoms with E-state index in [9.17, 15) is 0 Å². The third-order valence-corrected chi connectivity index (χ3v) is 3.98. The predicted octanol–water partition coefficient (Wildman–Crippen LogP) is 3.00. The van der Waals surface area contributed by atoms with E-state index in [1.54, 1.807) is 6.20 Å². The third-order valence-electron chi connectivity index (χ3n) is 3.98. The number of anilines is 2. The molecule has 3 rings (SSSR count). The quantitative estimate of drug-likeness (QED) is 0.938. The average Bonchev–Trinajstić information content (AvgIpc) is 2.87. The fourth-order valence-electron chi connectivity index (χ4n) is 2.85. The Hall–Kier alpha value is -2.01. The number of aromatic nitrogens is 3. The Morgan fingerprint density at radius 3 is 2.86 bits per heavy atom. The number of nitrogens with zero attached hydrogens (tertiary/aromatic N) is 4. The van der Waals surface area contributed by atoms with Gasteiger partial charge in [-0.15, -0.1) is 0 Å². The summed E-state index contributed by atoms with van der Waals surface area (Å²) in [5.74, 6) is 2.46. The van der Waals surface area contributed by atoms with Crippen LogP contribution in [0.3, 0.4) is 0 Å². The number of nitrogens with one attached hydrogen (secondary N) is 1. The highest BCUT2D eigenvalue weighted by Gasteiger charge is 2.24. The van der Waals surface area contributed by atoms with Gasteiger partial charge in [-0.2, -0.15) is 0 Å². The Kier molecular flexibility index (Phi) is 3.84. The van der Waals surface area contributed by atoms with Gasteiger partial charge in [0.25, 0.3) is 0 Å². The summed E-state index contributed by atoms with van der Waals surface area (Å²) in [6.45, 7) is 5.11. The van der Waals surface area contributed by atoms with Gasteiger partial charge in [0.1, 0.15) is 17.5 Å². The zero-order chi connectivity index (χ0) is 14.8. The van der Waals surface area contributed by atoms with Crippen LogP contribution >= 0.6 is 0 Å². The van der Waals surface area contributed by atoms with E-state index < -0.39 is 0 Å². The lowest BCUT2D eigenvalue weighted by atomic mass is 10.1. The van der Waals surface area contributed by atoms with E-state index in [-0.39, 0.29) is 0 Å². The molecule has 0 aromatic carbocycles. The molecule has 1 atom stereocenters. The number of pyridine rings is 1. The van der Waals surface area contributed by atoms with Crippen LogP contribution in [0, 0.1) is 13.8 Å². The minimum atomic E-state index is 0.400. The van der Waals surface area contributed by atoms with Crippen LogP contribution in [-0.2, 0) is 0 Å². The summed E-state index contributed by atoms with van der Waals surface area (Å²) in [6.07, 6.45) is 4.18. The molecule has 5 heteroatoms. The molecule has 0 bridgehead atoms. The topological polar surface area (TPSA) is 53.9 Å². The van der Waals surface area contributed by atoms with Crippen molar-refractivity contribution in [2.24, 2.45) is 0 Å². The van der Waals surface area contributed by atoms with Gasteiger partial charge in [-0.1, -0.05) is 6.07 Å². The van der Waals surface area contributed by atoms with E-state index >= 15 is 0 Å². The lowest BCUT2D eigenvalue weighted by Gasteiger charge is -2.19. The van der Waals surface area contributed by atoms with Crippen molar-refractivity contribution in [1.29, 1.82) is 0 Å². The number of rotatable bonds is 3. The fraction of sp³-hybridized carbons (Fsp3) is 0.438. The Morgan fingerprint density at radius 2 is 2.14 bits per heavy atom. The van der Waals surface area contributed by atoms with Crippen molar-refractivity contribution in [3.63, 3.8) is 0 Å². The maximum Gasteiger partial charge on any atom is 0.135 e. The highest BCUT2D eigenvalue weighted by molar-refractivity contribution is 5.55. The normalized spacial score (nSPS) is 18.9. The molecule has 0 radical (unpaired) electrons. The second-order valence-corrected chi connectivity index (χ2v) is 5.66. The van der Waals surface area contributed by atoms with Gasteiger partial charge in [0.15, 0.2) is 0 Å². The molecule has 2 aromatic rings. The average molecular weight is 283 g/mol. The highest BCUT2D eigenvalue weighted by Crippen LogP contribution is 2.30. The lowest BCUT2D eigenvalue weighted by Crippen LogP contribution is -2.19. The largest absolute Gasteiger partial charge is 0.325 e. The summed E-state index contributed by atoms with van der Waals surface area (Å²) >= 11 is 0. The van der Waals surface area contributed by atoms with Crippen molar-refractivity contribution < 1.29 is 0 Å². The molecule has 0 aliphatic carbocycles. The number of likely N-dealkylation sites (tertiary alicyclic amines) is 1. The number of hydrogen-bond acceptors (Lipinski definition) is 5. The number of hydrogen-bond donors (Lipinski definition) is 1. The van der Waals surface area contributed by atoms with Crippen LogP contribution in [0.5, 0.6) is 0 Å². The van der Waals surface area contributed by atoms with Crippen LogP contribution < -0.4 is 5.32 Å². The van der Waals surface area contributed by atoms with Crippen LogP contribution in [-0.4, -0.2) is 33.4 Å². The predicted molar refractivity (Wildman–Crippen MR) is 83.6 cm³/mol. The molecule has 1 saturated heterocycles. The first-order chi connectivity index (χ1) is 10.1. The Balaban J connectivity index is 1.89. The highest BCUT2D eigenvalue weighted by atomic mass is 15.2. The maximum absolute atomic E-state index is 4.62. The van der Waals surface area contributed by atoms with Gasteiger partial charge in [0, 0.05) is 12.3 Å². The van der Waals surface area contributed by atoms with Crippen molar-refractivity contribution >= 4 is 11.6 Å². The molecular weight excluding hydrogens is 262 g/mol. The monoisotopic (exact) mass is 283 g/mol. The van der Waals surface area contributed by atoms with Crippen molar-refractivity contribution in [3.05, 3.63) is 41.5 Å². The molecule has 3 heterocycles. The van der Waals surface area contributed by atoms with E-state index in [1.165, 1.54) is 6.42 Å². The molecule has 2 aromatic heterocycles. The second kappa shape index (κ2) is 5.77. The summed E-state index contributed by atoms with van der Waals surface area (Å²) in [5, 5.41) is 3.31. The summed E-state index contributed by atoms with van der Waals surface area (Å²) in [5.41, 5.74) is 2.20. The molecule has 1 aliphatic rings. The standard InChI is InChI=1S/C16H21N5/c1-11-6-4-8-17-16(11)20-15-10-13(18-12(2)19-15)14-7-5-9-21(14)3/h4,6,8,10,14H,5,7,9H2,1-3H3,(H,17,18,19,20). The van der Waals surface area contributed by atoms with Crippen molar-refractivity contribution in [2.45, 2.75) is 32.7 Å². The van der Waals surface area contributed by atoms with Gasteiger partial charge in [-0.05, 0) is 51.9 Å². The van der Waals surface area contributed by atoms with E-state index in [0.29, 0.717) is 6.04 Å². The zero-order valence-corrected chi connectivity index (χ0v) is 12.8. The van der Waals surface area contributed by atoms with E-state index in [0.717, 1.165) is 41.7 Å². The Labute approximate surface area is 125 Å². The maximum atomic E-state index is 4.62. The molecule has 0 amide bonds. The molecule has 1 fully saturated rings. The molecule has 0 spiro atoms. The number of aryl methyl sites for hydroxylation is 2. The van der Waals surface area contributed by atoms with E-state index in [2.05, 4.69) is 32.2 Å². The van der Waals surface area contributed by atoms with Crippen LogP contribution in [0.25, 0.3) is 0 Å². The van der Waals surface area contributed by atoms with Crippen LogP contribution in [0.4, 0.5) is 11.6 Å². The summed E-state index contributed by atoms with van der Waals surface area (Å²) in [6, 6.07) is 6.42. The van der Waals surface area contributed by atoms with Gasteiger partial charge in [-0.3, -0.25) is 4.90 Å². The summed E-state index contributed by atoms with van der Waals surface area (Å²) < 4.78 is 0. The minimum Gasteiger partial charge on any atom is -0.325 e. The van der Waals surface area contributed by atoms with Gasteiger partial charge in [0.2, 0.25) is 0 Å². The van der Waals surface area contributed by atoms with Gasteiger partial charge < -0.3 is 5.32 Å². The molecule has 0 saturated carbocycles.